The first-order valence-electron chi connectivity index (χ1n) is 8.87. The molecule has 140 valence electrons. The highest BCUT2D eigenvalue weighted by molar-refractivity contribution is 6.33. The number of aromatic nitrogens is 3. The predicted molar refractivity (Wildman–Crippen MR) is 101 cm³/mol. The number of fused-ring (bicyclic) bond motifs is 1. The summed E-state index contributed by atoms with van der Waals surface area (Å²) in [6, 6.07) is 5.38. The Morgan fingerprint density at radius 1 is 1.38 bits per heavy atom. The second-order valence-electron chi connectivity index (χ2n) is 6.44. The van der Waals surface area contributed by atoms with Crippen LogP contribution in [0.1, 0.15) is 31.5 Å². The van der Waals surface area contributed by atoms with Crippen LogP contribution in [0.3, 0.4) is 0 Å². The third kappa shape index (κ3) is 4.23. The standard InChI is InChI=1S/C18H24ClN5O2/c1-26-13(11-20)10-17(25)21-12-6-7-15(19)14(9-12)18-23-22-16-5-3-2-4-8-24(16)18/h6-7,9,13H,2-5,8,10-11,20H2,1H3,(H,21,25). The normalized spacial score (nSPS) is 15.2. The van der Waals surface area contributed by atoms with Gasteiger partial charge < -0.3 is 20.4 Å². The van der Waals surface area contributed by atoms with E-state index >= 15 is 0 Å². The van der Waals surface area contributed by atoms with E-state index in [4.69, 9.17) is 22.1 Å². The van der Waals surface area contributed by atoms with E-state index in [1.807, 2.05) is 6.07 Å². The zero-order valence-electron chi connectivity index (χ0n) is 14.9. The van der Waals surface area contributed by atoms with Gasteiger partial charge in [0.05, 0.1) is 17.5 Å². The van der Waals surface area contributed by atoms with Crippen molar-refractivity contribution in [3.05, 3.63) is 29.0 Å². The number of rotatable bonds is 6. The molecule has 0 bridgehead atoms. The number of halogens is 1. The van der Waals surface area contributed by atoms with Crippen LogP contribution in [0.4, 0.5) is 5.69 Å². The molecule has 1 aromatic heterocycles. The topological polar surface area (TPSA) is 95.1 Å². The van der Waals surface area contributed by atoms with E-state index in [0.29, 0.717) is 17.3 Å². The highest BCUT2D eigenvalue weighted by Crippen LogP contribution is 2.31. The quantitative estimate of drug-likeness (QED) is 0.806. The van der Waals surface area contributed by atoms with Gasteiger partial charge in [0, 0.05) is 37.9 Å². The van der Waals surface area contributed by atoms with Crippen LogP contribution in [0.15, 0.2) is 18.2 Å². The van der Waals surface area contributed by atoms with Crippen LogP contribution in [-0.4, -0.2) is 40.4 Å². The van der Waals surface area contributed by atoms with E-state index < -0.39 is 0 Å². The molecule has 26 heavy (non-hydrogen) atoms. The van der Waals surface area contributed by atoms with Gasteiger partial charge in [-0.3, -0.25) is 4.79 Å². The first-order chi connectivity index (χ1) is 12.6. The second kappa shape index (κ2) is 8.62. The Bertz CT molecular complexity index is 773. The van der Waals surface area contributed by atoms with Crippen LogP contribution in [0.25, 0.3) is 11.4 Å². The molecule has 1 aromatic carbocycles. The van der Waals surface area contributed by atoms with Gasteiger partial charge >= 0.3 is 0 Å². The summed E-state index contributed by atoms with van der Waals surface area (Å²) in [6.07, 6.45) is 4.25. The summed E-state index contributed by atoms with van der Waals surface area (Å²) in [4.78, 5) is 12.2. The van der Waals surface area contributed by atoms with Crippen molar-refractivity contribution >= 4 is 23.2 Å². The highest BCUT2D eigenvalue weighted by Gasteiger charge is 2.19. The molecule has 7 nitrogen and oxygen atoms in total. The van der Waals surface area contributed by atoms with Gasteiger partial charge in [-0.05, 0) is 31.0 Å². The van der Waals surface area contributed by atoms with E-state index in [9.17, 15) is 4.79 Å². The maximum Gasteiger partial charge on any atom is 0.227 e. The van der Waals surface area contributed by atoms with Crippen LogP contribution in [0.2, 0.25) is 5.02 Å². The van der Waals surface area contributed by atoms with E-state index in [1.54, 1.807) is 19.2 Å². The molecular formula is C18H24ClN5O2. The minimum Gasteiger partial charge on any atom is -0.380 e. The molecule has 1 atom stereocenters. The van der Waals surface area contributed by atoms with Crippen molar-refractivity contribution in [3.63, 3.8) is 0 Å². The third-order valence-electron chi connectivity index (χ3n) is 4.61. The Morgan fingerprint density at radius 2 is 2.23 bits per heavy atom. The number of ether oxygens (including phenoxy) is 1. The fourth-order valence-electron chi connectivity index (χ4n) is 3.14. The molecule has 0 spiro atoms. The molecule has 0 saturated carbocycles. The number of nitrogens with two attached hydrogens (primary N) is 1. The minimum atomic E-state index is -0.297. The molecule has 0 saturated heterocycles. The Hall–Kier alpha value is -1.96. The minimum absolute atomic E-state index is 0.157. The SMILES string of the molecule is COC(CN)CC(=O)Nc1ccc(Cl)c(-c2nnc3n2CCCCC3)c1. The smallest absolute Gasteiger partial charge is 0.227 e. The number of anilines is 1. The molecule has 1 unspecified atom stereocenters. The third-order valence-corrected chi connectivity index (χ3v) is 4.94. The molecule has 1 amide bonds. The Kier molecular flexibility index (Phi) is 6.24. The summed E-state index contributed by atoms with van der Waals surface area (Å²) in [7, 11) is 1.54. The maximum atomic E-state index is 12.2. The number of hydrogen-bond donors (Lipinski definition) is 2. The zero-order valence-corrected chi connectivity index (χ0v) is 15.6. The van der Waals surface area contributed by atoms with Gasteiger partial charge in [-0.15, -0.1) is 10.2 Å². The summed E-state index contributed by atoms with van der Waals surface area (Å²) in [6.45, 7) is 1.18. The van der Waals surface area contributed by atoms with Crippen molar-refractivity contribution in [2.75, 3.05) is 19.0 Å². The zero-order chi connectivity index (χ0) is 18.5. The summed E-state index contributed by atoms with van der Waals surface area (Å²) >= 11 is 6.41. The average Bonchev–Trinajstić information content (AvgIpc) is 2.89. The molecule has 0 fully saturated rings. The molecule has 1 aliphatic rings. The summed E-state index contributed by atoms with van der Waals surface area (Å²) in [5, 5.41) is 12.1. The molecular weight excluding hydrogens is 354 g/mol. The Balaban J connectivity index is 1.83. The highest BCUT2D eigenvalue weighted by atomic mass is 35.5. The van der Waals surface area contributed by atoms with Crippen molar-refractivity contribution in [2.45, 2.75) is 44.8 Å². The van der Waals surface area contributed by atoms with E-state index in [0.717, 1.165) is 43.0 Å². The summed E-state index contributed by atoms with van der Waals surface area (Å²) in [5.74, 6) is 1.59. The lowest BCUT2D eigenvalue weighted by Crippen LogP contribution is -2.28. The lowest BCUT2D eigenvalue weighted by atomic mass is 10.1. The van der Waals surface area contributed by atoms with Crippen molar-refractivity contribution in [1.29, 1.82) is 0 Å². The number of nitrogens with zero attached hydrogens (tertiary/aromatic N) is 3. The van der Waals surface area contributed by atoms with Gasteiger partial charge in [0.2, 0.25) is 5.91 Å². The van der Waals surface area contributed by atoms with Crippen LogP contribution < -0.4 is 11.1 Å². The number of hydrogen-bond acceptors (Lipinski definition) is 5. The average molecular weight is 378 g/mol. The van der Waals surface area contributed by atoms with Gasteiger partial charge in [-0.2, -0.15) is 0 Å². The molecule has 0 aliphatic carbocycles. The Morgan fingerprint density at radius 3 is 3.00 bits per heavy atom. The fourth-order valence-corrected chi connectivity index (χ4v) is 3.34. The number of amides is 1. The molecule has 0 radical (unpaired) electrons. The molecule has 3 rings (SSSR count). The van der Waals surface area contributed by atoms with Crippen LogP contribution >= 0.6 is 11.6 Å². The monoisotopic (exact) mass is 377 g/mol. The molecule has 2 aromatic rings. The van der Waals surface area contributed by atoms with Gasteiger partial charge in [0.15, 0.2) is 5.82 Å². The molecule has 3 N–H and O–H groups in total. The number of aryl methyl sites for hydroxylation is 1. The van der Waals surface area contributed by atoms with Crippen LogP contribution in [-0.2, 0) is 22.5 Å². The lowest BCUT2D eigenvalue weighted by molar-refractivity contribution is -0.118. The summed E-state index contributed by atoms with van der Waals surface area (Å²) < 4.78 is 7.29. The molecule has 2 heterocycles. The number of methoxy groups -OCH3 is 1. The fraction of sp³-hybridized carbons (Fsp3) is 0.500. The van der Waals surface area contributed by atoms with Crippen molar-refractivity contribution < 1.29 is 9.53 Å². The number of nitrogens with one attached hydrogen (secondary N) is 1. The Labute approximate surface area is 157 Å². The summed E-state index contributed by atoms with van der Waals surface area (Å²) in [5.41, 5.74) is 7.00. The second-order valence-corrected chi connectivity index (χ2v) is 6.85. The van der Waals surface area contributed by atoms with E-state index in [1.165, 1.54) is 6.42 Å². The van der Waals surface area contributed by atoms with Gasteiger partial charge in [0.25, 0.3) is 0 Å². The molecule has 8 heteroatoms. The van der Waals surface area contributed by atoms with Crippen molar-refractivity contribution in [2.24, 2.45) is 5.73 Å². The van der Waals surface area contributed by atoms with Crippen molar-refractivity contribution in [3.8, 4) is 11.4 Å². The van der Waals surface area contributed by atoms with Gasteiger partial charge in [0.1, 0.15) is 5.82 Å². The van der Waals surface area contributed by atoms with Crippen molar-refractivity contribution in [1.82, 2.24) is 14.8 Å². The number of carbonyl (C=O) groups is 1. The van der Waals surface area contributed by atoms with Crippen LogP contribution in [0.5, 0.6) is 0 Å². The first kappa shape index (κ1) is 18.8. The number of benzene rings is 1. The lowest BCUT2D eigenvalue weighted by Gasteiger charge is -2.14. The largest absolute Gasteiger partial charge is 0.380 e. The van der Waals surface area contributed by atoms with Crippen LogP contribution in [0, 0.1) is 0 Å². The predicted octanol–water partition coefficient (Wildman–Crippen LogP) is 2.63. The van der Waals surface area contributed by atoms with E-state index in [-0.39, 0.29) is 18.4 Å². The molecule has 1 aliphatic heterocycles. The van der Waals surface area contributed by atoms with E-state index in [2.05, 4.69) is 20.1 Å². The maximum absolute atomic E-state index is 12.2. The van der Waals surface area contributed by atoms with Gasteiger partial charge in [-0.25, -0.2) is 0 Å². The number of carbonyl (C=O) groups excluding carboxylic acids is 1. The first-order valence-corrected chi connectivity index (χ1v) is 9.25. The van der Waals surface area contributed by atoms with Gasteiger partial charge in [-0.1, -0.05) is 18.0 Å².